The van der Waals surface area contributed by atoms with Crippen molar-refractivity contribution in [3.63, 3.8) is 0 Å². The first-order valence-corrected chi connectivity index (χ1v) is 14.7. The Morgan fingerprint density at radius 2 is 1.27 bits per heavy atom. The van der Waals surface area contributed by atoms with Gasteiger partial charge in [0, 0.05) is 16.3 Å². The average Bonchev–Trinajstić information content (AvgIpc) is 3.30. The molecule has 2 heteroatoms. The number of benzene rings is 3. The highest BCUT2D eigenvalue weighted by Gasteiger charge is 2.31. The van der Waals surface area contributed by atoms with Gasteiger partial charge >= 0.3 is 0 Å². The van der Waals surface area contributed by atoms with Crippen molar-refractivity contribution in [2.75, 3.05) is 0 Å². The van der Waals surface area contributed by atoms with E-state index in [1.807, 2.05) is 0 Å². The maximum Gasteiger partial charge on any atom is 0.295 e. The first-order valence-electron chi connectivity index (χ1n) is 14.7. The van der Waals surface area contributed by atoms with E-state index in [-0.39, 0.29) is 0 Å². The molecule has 0 aliphatic heterocycles. The van der Waals surface area contributed by atoms with Gasteiger partial charge in [-0.15, -0.1) is 0 Å². The third-order valence-electron chi connectivity index (χ3n) is 9.51. The van der Waals surface area contributed by atoms with Crippen molar-refractivity contribution in [3.8, 4) is 11.3 Å². The summed E-state index contributed by atoms with van der Waals surface area (Å²) in [5.74, 6) is 1.35. The van der Waals surface area contributed by atoms with Gasteiger partial charge in [0.15, 0.2) is 5.69 Å². The molecule has 2 fully saturated rings. The summed E-state index contributed by atoms with van der Waals surface area (Å²) in [6.45, 7) is 2.27. The maximum atomic E-state index is 2.61. The van der Waals surface area contributed by atoms with Crippen molar-refractivity contribution in [2.45, 2.75) is 83.0 Å². The first-order chi connectivity index (χ1) is 18.2. The standard InChI is InChI=1S/C35H39N2/c1-24-13-11-21-30-29-18-9-10-22-31(29)37-32(23-36(2)35(37)33(24)30)34-27(25-14-5-3-6-15-25)19-12-20-28(34)26-16-7-4-8-17-26/h9-13,18-23,25-26H,3-8,14-17H2,1-2H3/q+1. The van der Waals surface area contributed by atoms with Crippen molar-refractivity contribution in [1.82, 2.24) is 4.40 Å². The van der Waals surface area contributed by atoms with Gasteiger partial charge in [-0.2, -0.15) is 4.40 Å². The molecule has 0 bridgehead atoms. The Labute approximate surface area is 220 Å². The number of aromatic nitrogens is 2. The second-order valence-corrected chi connectivity index (χ2v) is 11.8. The van der Waals surface area contributed by atoms with E-state index in [0.29, 0.717) is 11.8 Å². The van der Waals surface area contributed by atoms with Crippen molar-refractivity contribution < 1.29 is 4.57 Å². The molecule has 2 aliphatic carbocycles. The fraction of sp³-hybridized carbons (Fsp3) is 0.400. The van der Waals surface area contributed by atoms with Crippen LogP contribution in [0, 0.1) is 6.92 Å². The Kier molecular flexibility index (Phi) is 5.80. The van der Waals surface area contributed by atoms with E-state index < -0.39 is 0 Å². The molecule has 2 aromatic heterocycles. The van der Waals surface area contributed by atoms with Crippen LogP contribution in [0.3, 0.4) is 0 Å². The van der Waals surface area contributed by atoms with Gasteiger partial charge in [0.05, 0.1) is 12.4 Å². The zero-order valence-electron chi connectivity index (χ0n) is 22.5. The minimum Gasteiger partial charge on any atom is -0.232 e. The number of hydrogen-bond donors (Lipinski definition) is 0. The summed E-state index contributed by atoms with van der Waals surface area (Å²) in [6, 6.07) is 23.2. The first kappa shape index (κ1) is 23.0. The normalized spacial score (nSPS) is 17.8. The molecular formula is C35H39N2+. The van der Waals surface area contributed by atoms with Gasteiger partial charge in [-0.05, 0) is 67.2 Å². The number of fused-ring (bicyclic) bond motifs is 6. The molecule has 0 atom stereocenters. The Morgan fingerprint density at radius 1 is 0.676 bits per heavy atom. The van der Waals surface area contributed by atoms with Gasteiger partial charge in [0.1, 0.15) is 11.7 Å². The third-order valence-corrected chi connectivity index (χ3v) is 9.51. The molecule has 3 aromatic carbocycles. The highest BCUT2D eigenvalue weighted by molar-refractivity contribution is 6.12. The lowest BCUT2D eigenvalue weighted by atomic mass is 9.76. The predicted octanol–water partition coefficient (Wildman–Crippen LogP) is 9.14. The lowest BCUT2D eigenvalue weighted by Crippen LogP contribution is -2.26. The zero-order valence-corrected chi connectivity index (χ0v) is 22.5. The number of hydrogen-bond acceptors (Lipinski definition) is 0. The molecule has 2 heterocycles. The molecule has 37 heavy (non-hydrogen) atoms. The van der Waals surface area contributed by atoms with Gasteiger partial charge in [-0.25, -0.2) is 4.57 Å². The van der Waals surface area contributed by atoms with E-state index in [1.54, 1.807) is 16.7 Å². The Bertz CT molecular complexity index is 1570. The molecule has 2 nitrogen and oxygen atoms in total. The van der Waals surface area contributed by atoms with Crippen molar-refractivity contribution >= 4 is 27.3 Å². The number of para-hydroxylation sites is 1. The third kappa shape index (κ3) is 3.71. The molecule has 7 rings (SSSR count). The summed E-state index contributed by atoms with van der Waals surface area (Å²) in [5.41, 5.74) is 10.1. The largest absolute Gasteiger partial charge is 0.295 e. The summed E-state index contributed by atoms with van der Waals surface area (Å²) in [4.78, 5) is 0. The van der Waals surface area contributed by atoms with Crippen LogP contribution in [0.2, 0.25) is 0 Å². The summed E-state index contributed by atoms with van der Waals surface area (Å²) in [7, 11) is 2.25. The summed E-state index contributed by atoms with van der Waals surface area (Å²) >= 11 is 0. The molecule has 0 radical (unpaired) electrons. The molecule has 188 valence electrons. The van der Waals surface area contributed by atoms with Gasteiger partial charge in [0.2, 0.25) is 0 Å². The van der Waals surface area contributed by atoms with Crippen LogP contribution in [-0.4, -0.2) is 4.40 Å². The number of aryl methyl sites for hydroxylation is 2. The average molecular weight is 488 g/mol. The Hall–Kier alpha value is -3.13. The molecule has 2 aliphatic rings. The minimum atomic E-state index is 0.677. The van der Waals surface area contributed by atoms with E-state index >= 15 is 0 Å². The topological polar surface area (TPSA) is 8.29 Å². The highest BCUT2D eigenvalue weighted by atomic mass is 15.1. The lowest BCUT2D eigenvalue weighted by Gasteiger charge is -2.29. The molecule has 0 unspecified atom stereocenters. The van der Waals surface area contributed by atoms with Crippen LogP contribution in [0.5, 0.6) is 0 Å². The van der Waals surface area contributed by atoms with Gasteiger partial charge < -0.3 is 0 Å². The molecule has 2 saturated carbocycles. The van der Waals surface area contributed by atoms with Gasteiger partial charge in [0.25, 0.3) is 5.65 Å². The monoisotopic (exact) mass is 487 g/mol. The van der Waals surface area contributed by atoms with E-state index in [1.165, 1.54) is 103 Å². The quantitative estimate of drug-likeness (QED) is 0.177. The Morgan fingerprint density at radius 3 is 1.95 bits per heavy atom. The van der Waals surface area contributed by atoms with Crippen LogP contribution in [0.1, 0.15) is 92.7 Å². The van der Waals surface area contributed by atoms with Crippen LogP contribution in [0.25, 0.3) is 38.6 Å². The number of nitrogens with zero attached hydrogens (tertiary/aromatic N) is 2. The highest BCUT2D eigenvalue weighted by Crippen LogP contribution is 2.45. The van der Waals surface area contributed by atoms with Crippen LogP contribution in [0.15, 0.2) is 66.9 Å². The fourth-order valence-electron chi connectivity index (χ4n) is 7.76. The summed E-state index contributed by atoms with van der Waals surface area (Å²) < 4.78 is 5.01. The van der Waals surface area contributed by atoms with E-state index in [2.05, 4.69) is 89.8 Å². The smallest absolute Gasteiger partial charge is 0.232 e. The van der Waals surface area contributed by atoms with Crippen LogP contribution in [0.4, 0.5) is 0 Å². The Balaban J connectivity index is 1.61. The van der Waals surface area contributed by atoms with Gasteiger partial charge in [-0.1, -0.05) is 93.1 Å². The second-order valence-electron chi connectivity index (χ2n) is 11.8. The van der Waals surface area contributed by atoms with Crippen molar-refractivity contribution in [3.05, 3.63) is 83.6 Å². The molecular weight excluding hydrogens is 448 g/mol. The molecule has 0 spiro atoms. The van der Waals surface area contributed by atoms with Crippen LogP contribution >= 0.6 is 0 Å². The molecule has 0 amide bonds. The van der Waals surface area contributed by atoms with Crippen molar-refractivity contribution in [2.24, 2.45) is 7.05 Å². The van der Waals surface area contributed by atoms with E-state index in [0.717, 1.165) is 0 Å². The van der Waals surface area contributed by atoms with Gasteiger partial charge in [-0.3, -0.25) is 0 Å². The number of pyridine rings is 1. The molecule has 5 aromatic rings. The zero-order chi connectivity index (χ0) is 24.9. The number of imidazole rings is 1. The van der Waals surface area contributed by atoms with E-state index in [4.69, 9.17) is 0 Å². The maximum absolute atomic E-state index is 2.61. The minimum absolute atomic E-state index is 0.677. The SMILES string of the molecule is Cc1cccc2c3ccccc3n3c(-c4c(C5CCCCC5)cccc4C4CCCCC4)c[n+](C)c3c12. The van der Waals surface area contributed by atoms with Crippen LogP contribution < -0.4 is 4.57 Å². The van der Waals surface area contributed by atoms with E-state index in [9.17, 15) is 0 Å². The molecule has 0 N–H and O–H groups in total. The molecule has 0 saturated heterocycles. The van der Waals surface area contributed by atoms with Crippen molar-refractivity contribution in [1.29, 1.82) is 0 Å². The lowest BCUT2D eigenvalue weighted by molar-refractivity contribution is -0.643. The predicted molar refractivity (Wildman–Crippen MR) is 155 cm³/mol. The van der Waals surface area contributed by atoms with Crippen LogP contribution in [-0.2, 0) is 7.05 Å². The number of rotatable bonds is 3. The summed E-state index contributed by atoms with van der Waals surface area (Å²) in [5, 5.41) is 4.08. The summed E-state index contributed by atoms with van der Waals surface area (Å²) in [6.07, 6.45) is 16.0. The fourth-order valence-corrected chi connectivity index (χ4v) is 7.76. The second kappa shape index (κ2) is 9.31.